The van der Waals surface area contributed by atoms with Crippen LogP contribution in [0.1, 0.15) is 181 Å². The van der Waals surface area contributed by atoms with Gasteiger partial charge in [-0.15, -0.1) is 0 Å². The Bertz CT molecular complexity index is 520. The lowest BCUT2D eigenvalue weighted by molar-refractivity contribution is -0.137. The first-order chi connectivity index (χ1) is 19.6. The van der Waals surface area contributed by atoms with E-state index in [0.29, 0.717) is 6.42 Å². The Morgan fingerprint density at radius 1 is 0.600 bits per heavy atom. The van der Waals surface area contributed by atoms with Gasteiger partial charge in [-0.1, -0.05) is 142 Å². The van der Waals surface area contributed by atoms with Crippen molar-refractivity contribution in [3.05, 3.63) is 12.2 Å². The highest BCUT2D eigenvalue weighted by Crippen LogP contribution is 2.21. The number of hydrogen-bond acceptors (Lipinski definition) is 3. The van der Waals surface area contributed by atoms with Gasteiger partial charge in [-0.3, -0.25) is 4.79 Å². The number of rotatable bonds is 33. The molecule has 0 atom stereocenters. The second-order valence-corrected chi connectivity index (χ2v) is 12.3. The maximum atomic E-state index is 10.6. The number of hydrogen-bond donors (Lipinski definition) is 2. The first-order valence-electron chi connectivity index (χ1n) is 17.9. The van der Waals surface area contributed by atoms with Crippen LogP contribution >= 0.6 is 0 Å². The summed E-state index contributed by atoms with van der Waals surface area (Å²) in [6.45, 7) is 7.77. The minimum absolute atomic E-state index is 0.240. The molecular weight excluding hydrogens is 494 g/mol. The third kappa shape index (κ3) is 30.1. The van der Waals surface area contributed by atoms with Crippen LogP contribution in [0.3, 0.4) is 0 Å². The summed E-state index contributed by atoms with van der Waals surface area (Å²) in [5.41, 5.74) is 0. The number of unbranched alkanes of at least 4 members (excludes halogenated alkanes) is 19. The average Bonchev–Trinajstić information content (AvgIpc) is 2.94. The zero-order valence-corrected chi connectivity index (χ0v) is 27.2. The summed E-state index contributed by atoms with van der Waals surface area (Å²) >= 11 is 0. The Labute approximate surface area is 250 Å². The summed E-state index contributed by atoms with van der Waals surface area (Å²) in [5.74, 6) is 0.122. The first kappa shape index (κ1) is 39.1. The monoisotopic (exact) mass is 566 g/mol. The van der Waals surface area contributed by atoms with Crippen molar-refractivity contribution in [3.8, 4) is 0 Å². The predicted octanol–water partition coefficient (Wildman–Crippen LogP) is 10.7. The molecule has 0 radical (unpaired) electrons. The maximum absolute atomic E-state index is 10.6. The van der Waals surface area contributed by atoms with Gasteiger partial charge in [-0.2, -0.15) is 0 Å². The van der Waals surface area contributed by atoms with E-state index in [1.807, 2.05) is 0 Å². The van der Waals surface area contributed by atoms with Gasteiger partial charge in [0.25, 0.3) is 0 Å². The molecule has 0 fully saturated rings. The number of aliphatic hydroxyl groups excluding tert-OH is 1. The van der Waals surface area contributed by atoms with E-state index < -0.39 is 5.97 Å². The highest BCUT2D eigenvalue weighted by Gasteiger charge is 2.06. The number of carbonyl (C=O) groups is 1. The van der Waals surface area contributed by atoms with Crippen molar-refractivity contribution in [2.75, 3.05) is 26.2 Å². The zero-order chi connectivity index (χ0) is 29.4. The van der Waals surface area contributed by atoms with Crippen molar-refractivity contribution in [2.45, 2.75) is 181 Å². The van der Waals surface area contributed by atoms with Gasteiger partial charge >= 0.3 is 5.97 Å². The summed E-state index contributed by atoms with van der Waals surface area (Å²) < 4.78 is 0. The first-order valence-corrected chi connectivity index (χ1v) is 17.9. The molecule has 0 aliphatic rings. The highest BCUT2D eigenvalue weighted by atomic mass is 16.4. The SMILES string of the molecule is CCCCCCCCC(/C=C\CCCCCCCN(CCO)CCCCCCCC(=O)O)CCCCCCCC. The summed E-state index contributed by atoms with van der Waals surface area (Å²) in [7, 11) is 0. The van der Waals surface area contributed by atoms with Crippen LogP contribution in [0.4, 0.5) is 0 Å². The number of allylic oxidation sites excluding steroid dienone is 2. The Morgan fingerprint density at radius 3 is 1.55 bits per heavy atom. The molecular formula is C36H71NO3. The quantitative estimate of drug-likeness (QED) is 0.0613. The molecule has 0 unspecified atom stereocenters. The van der Waals surface area contributed by atoms with E-state index in [4.69, 9.17) is 5.11 Å². The van der Waals surface area contributed by atoms with Gasteiger partial charge in [-0.25, -0.2) is 0 Å². The molecule has 0 aromatic carbocycles. The van der Waals surface area contributed by atoms with Gasteiger partial charge in [-0.05, 0) is 64.0 Å². The normalized spacial score (nSPS) is 11.9. The smallest absolute Gasteiger partial charge is 0.303 e. The molecule has 4 nitrogen and oxygen atoms in total. The van der Waals surface area contributed by atoms with Crippen molar-refractivity contribution in [2.24, 2.45) is 5.92 Å². The fraction of sp³-hybridized carbons (Fsp3) is 0.917. The van der Waals surface area contributed by atoms with Crippen molar-refractivity contribution in [1.29, 1.82) is 0 Å². The Morgan fingerprint density at radius 2 is 1.05 bits per heavy atom. The van der Waals surface area contributed by atoms with Gasteiger partial charge in [0.05, 0.1) is 6.61 Å². The molecule has 0 rings (SSSR count). The van der Waals surface area contributed by atoms with Crippen LogP contribution < -0.4 is 0 Å². The van der Waals surface area contributed by atoms with Crippen LogP contribution in [0.25, 0.3) is 0 Å². The molecule has 238 valence electrons. The molecule has 0 aromatic heterocycles. The van der Waals surface area contributed by atoms with Crippen LogP contribution in [0.5, 0.6) is 0 Å². The van der Waals surface area contributed by atoms with Gasteiger partial charge < -0.3 is 15.1 Å². The van der Waals surface area contributed by atoms with Crippen LogP contribution in [-0.4, -0.2) is 47.3 Å². The van der Waals surface area contributed by atoms with Crippen LogP contribution in [-0.2, 0) is 4.79 Å². The van der Waals surface area contributed by atoms with Crippen molar-refractivity contribution < 1.29 is 15.0 Å². The van der Waals surface area contributed by atoms with Gasteiger partial charge in [0.2, 0.25) is 0 Å². The van der Waals surface area contributed by atoms with Crippen LogP contribution in [0, 0.1) is 5.92 Å². The molecule has 0 heterocycles. The predicted molar refractivity (Wildman–Crippen MR) is 175 cm³/mol. The Balaban J connectivity index is 3.98. The molecule has 4 heteroatoms. The van der Waals surface area contributed by atoms with E-state index in [-0.39, 0.29) is 6.61 Å². The van der Waals surface area contributed by atoms with E-state index >= 15 is 0 Å². The molecule has 0 aromatic rings. The average molecular weight is 566 g/mol. The number of carboxylic acid groups (broad SMARTS) is 1. The number of aliphatic carboxylic acids is 1. The molecule has 0 aliphatic heterocycles. The highest BCUT2D eigenvalue weighted by molar-refractivity contribution is 5.66. The van der Waals surface area contributed by atoms with E-state index in [0.717, 1.165) is 57.7 Å². The third-order valence-corrected chi connectivity index (χ3v) is 8.39. The lowest BCUT2D eigenvalue weighted by atomic mass is 9.93. The maximum Gasteiger partial charge on any atom is 0.303 e. The van der Waals surface area contributed by atoms with E-state index in [1.165, 1.54) is 128 Å². The van der Waals surface area contributed by atoms with E-state index in [2.05, 4.69) is 30.9 Å². The fourth-order valence-electron chi connectivity index (χ4n) is 5.75. The lowest BCUT2D eigenvalue weighted by Crippen LogP contribution is -2.29. The summed E-state index contributed by atoms with van der Waals surface area (Å²) in [4.78, 5) is 13.0. The molecule has 0 aliphatic carbocycles. The zero-order valence-electron chi connectivity index (χ0n) is 27.2. The lowest BCUT2D eigenvalue weighted by Gasteiger charge is -2.21. The number of carboxylic acids is 1. The Hall–Kier alpha value is -0.870. The van der Waals surface area contributed by atoms with Gasteiger partial charge in [0.1, 0.15) is 0 Å². The molecule has 2 N–H and O–H groups in total. The summed E-state index contributed by atoms with van der Waals surface area (Å²) in [5, 5.41) is 18.1. The van der Waals surface area contributed by atoms with Gasteiger partial charge in [0, 0.05) is 13.0 Å². The molecule has 0 amide bonds. The van der Waals surface area contributed by atoms with Crippen molar-refractivity contribution in [1.82, 2.24) is 4.90 Å². The largest absolute Gasteiger partial charge is 0.481 e. The second kappa shape index (κ2) is 32.6. The third-order valence-electron chi connectivity index (χ3n) is 8.39. The molecule has 0 saturated heterocycles. The number of nitrogens with zero attached hydrogens (tertiary/aromatic N) is 1. The molecule has 0 spiro atoms. The summed E-state index contributed by atoms with van der Waals surface area (Å²) in [6, 6.07) is 0. The molecule has 0 saturated carbocycles. The minimum atomic E-state index is -0.683. The van der Waals surface area contributed by atoms with Crippen molar-refractivity contribution >= 4 is 5.97 Å². The number of aliphatic hydroxyl groups is 1. The molecule has 40 heavy (non-hydrogen) atoms. The molecule has 0 bridgehead atoms. The standard InChI is InChI=1S/C36H71NO3/c1-3-5-7-9-15-21-27-35(28-22-16-10-8-6-4-2)29-23-17-12-11-13-19-25-31-37(33-34-38)32-26-20-14-18-24-30-36(39)40/h23,29,35,38H,3-22,24-28,30-34H2,1-2H3,(H,39,40)/b29-23-. The summed E-state index contributed by atoms with van der Waals surface area (Å²) in [6.07, 6.45) is 38.0. The van der Waals surface area contributed by atoms with E-state index in [1.54, 1.807) is 0 Å². The second-order valence-electron chi connectivity index (χ2n) is 12.3. The minimum Gasteiger partial charge on any atom is -0.481 e. The van der Waals surface area contributed by atoms with E-state index in [9.17, 15) is 9.90 Å². The van der Waals surface area contributed by atoms with Gasteiger partial charge in [0.15, 0.2) is 0 Å². The van der Waals surface area contributed by atoms with Crippen LogP contribution in [0.15, 0.2) is 12.2 Å². The van der Waals surface area contributed by atoms with Crippen molar-refractivity contribution in [3.63, 3.8) is 0 Å². The Kier molecular flexibility index (Phi) is 31.9. The fourth-order valence-corrected chi connectivity index (χ4v) is 5.75. The topological polar surface area (TPSA) is 60.8 Å². The van der Waals surface area contributed by atoms with Crippen LogP contribution in [0.2, 0.25) is 0 Å².